The molecule has 3 rings (SSSR count). The maximum atomic E-state index is 13.0. The largest absolute Gasteiger partial charge is 0.340 e. The van der Waals surface area contributed by atoms with E-state index < -0.39 is 15.9 Å². The molecular formula is C23H29N3O4S. The minimum atomic E-state index is -3.08. The van der Waals surface area contributed by atoms with Crippen LogP contribution in [0.15, 0.2) is 54.6 Å². The van der Waals surface area contributed by atoms with E-state index in [-0.39, 0.29) is 36.4 Å². The van der Waals surface area contributed by atoms with E-state index in [0.29, 0.717) is 18.4 Å². The molecule has 0 radical (unpaired) electrons. The van der Waals surface area contributed by atoms with Gasteiger partial charge in [-0.15, -0.1) is 0 Å². The molecule has 1 atom stereocenters. The first kappa shape index (κ1) is 23.0. The summed E-state index contributed by atoms with van der Waals surface area (Å²) in [6, 6.07) is 16.5. The van der Waals surface area contributed by atoms with Gasteiger partial charge in [0.2, 0.25) is 5.91 Å². The zero-order valence-corrected chi connectivity index (χ0v) is 18.5. The lowest BCUT2D eigenvalue weighted by Gasteiger charge is -2.30. The van der Waals surface area contributed by atoms with Crippen molar-refractivity contribution in [3.8, 4) is 11.1 Å². The number of carbonyl (C=O) groups is 2. The number of hydrogen-bond acceptors (Lipinski definition) is 5. The number of sulfone groups is 1. The lowest BCUT2D eigenvalue weighted by Crippen LogP contribution is -2.53. The molecule has 2 aromatic carbocycles. The normalized spacial score (nSPS) is 16.5. The number of rotatable bonds is 8. The summed E-state index contributed by atoms with van der Waals surface area (Å²) in [4.78, 5) is 27.4. The molecule has 8 heteroatoms. The topological polar surface area (TPSA) is 95.6 Å². The fourth-order valence-electron chi connectivity index (χ4n) is 3.58. The van der Waals surface area contributed by atoms with Crippen molar-refractivity contribution < 1.29 is 18.0 Å². The Morgan fingerprint density at radius 3 is 2.19 bits per heavy atom. The van der Waals surface area contributed by atoms with Gasteiger partial charge in [-0.25, -0.2) is 8.42 Å². The van der Waals surface area contributed by atoms with Gasteiger partial charge >= 0.3 is 0 Å². The molecule has 1 saturated heterocycles. The van der Waals surface area contributed by atoms with E-state index in [1.807, 2.05) is 49.5 Å². The molecule has 0 unspecified atom stereocenters. The van der Waals surface area contributed by atoms with Gasteiger partial charge in [0.05, 0.1) is 11.5 Å². The number of nitrogens with one attached hydrogen (secondary N) is 2. The zero-order valence-electron chi connectivity index (χ0n) is 17.7. The van der Waals surface area contributed by atoms with Crippen molar-refractivity contribution >= 4 is 21.7 Å². The van der Waals surface area contributed by atoms with Crippen molar-refractivity contribution in [1.29, 1.82) is 0 Å². The van der Waals surface area contributed by atoms with Gasteiger partial charge in [0.1, 0.15) is 6.04 Å². The lowest BCUT2D eigenvalue weighted by atomic mass is 10.0. The predicted molar refractivity (Wildman–Crippen MR) is 122 cm³/mol. The molecule has 2 N–H and O–H groups in total. The first-order chi connectivity index (χ1) is 14.9. The van der Waals surface area contributed by atoms with Gasteiger partial charge in [-0.1, -0.05) is 42.5 Å². The lowest BCUT2D eigenvalue weighted by molar-refractivity contribution is -0.133. The van der Waals surface area contributed by atoms with Gasteiger partial charge in [0.25, 0.3) is 5.91 Å². The molecule has 7 nitrogen and oxygen atoms in total. The molecule has 0 saturated carbocycles. The third-order valence-corrected chi connectivity index (χ3v) is 7.04. The Bertz CT molecular complexity index is 977. The number of amides is 2. The van der Waals surface area contributed by atoms with E-state index >= 15 is 0 Å². The molecule has 31 heavy (non-hydrogen) atoms. The van der Waals surface area contributed by atoms with E-state index in [9.17, 15) is 18.0 Å². The van der Waals surface area contributed by atoms with Gasteiger partial charge in [0, 0.05) is 18.7 Å². The summed E-state index contributed by atoms with van der Waals surface area (Å²) in [5, 5.41) is 5.90. The van der Waals surface area contributed by atoms with Crippen LogP contribution in [-0.2, 0) is 14.6 Å². The third-order valence-electron chi connectivity index (χ3n) is 5.43. The Labute approximate surface area is 183 Å². The van der Waals surface area contributed by atoms with E-state index in [2.05, 4.69) is 10.6 Å². The number of nitrogens with zero attached hydrogens (tertiary/aromatic N) is 1. The molecule has 0 aliphatic carbocycles. The van der Waals surface area contributed by atoms with Crippen molar-refractivity contribution in [1.82, 2.24) is 15.5 Å². The maximum Gasteiger partial charge on any atom is 0.251 e. The van der Waals surface area contributed by atoms with Gasteiger partial charge in [-0.3, -0.25) is 9.59 Å². The summed E-state index contributed by atoms with van der Waals surface area (Å²) >= 11 is 0. The zero-order chi connectivity index (χ0) is 22.3. The van der Waals surface area contributed by atoms with Crippen LogP contribution >= 0.6 is 0 Å². The van der Waals surface area contributed by atoms with Crippen molar-refractivity contribution in [2.24, 2.45) is 0 Å². The van der Waals surface area contributed by atoms with Gasteiger partial charge in [-0.05, 0) is 49.7 Å². The van der Waals surface area contributed by atoms with Crippen LogP contribution in [0.25, 0.3) is 11.1 Å². The highest BCUT2D eigenvalue weighted by Gasteiger charge is 2.30. The fourth-order valence-corrected chi connectivity index (χ4v) is 4.78. The van der Waals surface area contributed by atoms with Crippen LogP contribution in [0.3, 0.4) is 0 Å². The molecule has 0 aromatic heterocycles. The molecule has 0 bridgehead atoms. The van der Waals surface area contributed by atoms with Gasteiger partial charge < -0.3 is 15.5 Å². The molecule has 2 aromatic rings. The van der Waals surface area contributed by atoms with Crippen LogP contribution in [0, 0.1) is 0 Å². The highest BCUT2D eigenvalue weighted by atomic mass is 32.2. The summed E-state index contributed by atoms with van der Waals surface area (Å²) in [5.74, 6) is -0.597. The fraction of sp³-hybridized carbons (Fsp3) is 0.391. The minimum absolute atomic E-state index is 0.0309. The Balaban J connectivity index is 1.68. The maximum absolute atomic E-state index is 13.0. The highest BCUT2D eigenvalue weighted by molar-refractivity contribution is 7.91. The first-order valence-corrected chi connectivity index (χ1v) is 12.3. The van der Waals surface area contributed by atoms with Gasteiger partial charge in [-0.2, -0.15) is 0 Å². The second-order valence-corrected chi connectivity index (χ2v) is 10.00. The van der Waals surface area contributed by atoms with Crippen molar-refractivity contribution in [3.05, 3.63) is 60.2 Å². The minimum Gasteiger partial charge on any atom is -0.340 e. The van der Waals surface area contributed by atoms with Crippen molar-refractivity contribution in [2.75, 3.05) is 38.2 Å². The van der Waals surface area contributed by atoms with E-state index in [1.54, 1.807) is 17.0 Å². The molecule has 166 valence electrons. The van der Waals surface area contributed by atoms with Gasteiger partial charge in [0.15, 0.2) is 9.84 Å². The SMILES string of the molecule is CNCCC[C@H](NC(=O)c1ccc(-c2ccccc2)cc1)C(=O)N1CCS(=O)(=O)CC1. The van der Waals surface area contributed by atoms with E-state index in [4.69, 9.17) is 0 Å². The number of carbonyl (C=O) groups excluding carboxylic acids is 2. The van der Waals surface area contributed by atoms with E-state index in [0.717, 1.165) is 17.7 Å². The molecule has 1 fully saturated rings. The number of benzene rings is 2. The molecule has 1 aliphatic heterocycles. The van der Waals surface area contributed by atoms with Crippen LogP contribution in [-0.4, -0.2) is 69.4 Å². The Morgan fingerprint density at radius 1 is 0.968 bits per heavy atom. The molecule has 2 amide bonds. The second-order valence-electron chi connectivity index (χ2n) is 7.69. The van der Waals surface area contributed by atoms with Crippen LogP contribution in [0.2, 0.25) is 0 Å². The van der Waals surface area contributed by atoms with Crippen LogP contribution in [0.4, 0.5) is 0 Å². The smallest absolute Gasteiger partial charge is 0.251 e. The molecular weight excluding hydrogens is 414 g/mol. The Kier molecular flexibility index (Phi) is 7.81. The van der Waals surface area contributed by atoms with Crippen LogP contribution in [0.1, 0.15) is 23.2 Å². The first-order valence-electron chi connectivity index (χ1n) is 10.5. The van der Waals surface area contributed by atoms with Crippen molar-refractivity contribution in [2.45, 2.75) is 18.9 Å². The van der Waals surface area contributed by atoms with Crippen molar-refractivity contribution in [3.63, 3.8) is 0 Å². The standard InChI is InChI=1S/C23H29N3O4S/c1-24-13-5-8-21(23(28)26-14-16-31(29,30)17-15-26)25-22(27)20-11-9-19(10-12-20)18-6-3-2-4-7-18/h2-4,6-7,9-12,21,24H,5,8,13-17H2,1H3,(H,25,27)/t21-/m0/s1. The highest BCUT2D eigenvalue weighted by Crippen LogP contribution is 2.19. The summed E-state index contributed by atoms with van der Waals surface area (Å²) in [5.41, 5.74) is 2.55. The quantitative estimate of drug-likeness (QED) is 0.606. The molecule has 1 heterocycles. The number of hydrogen-bond donors (Lipinski definition) is 2. The van der Waals surface area contributed by atoms with Crippen LogP contribution in [0.5, 0.6) is 0 Å². The second kappa shape index (κ2) is 10.5. The Morgan fingerprint density at radius 2 is 1.58 bits per heavy atom. The monoisotopic (exact) mass is 443 g/mol. The summed E-state index contributed by atoms with van der Waals surface area (Å²) in [6.45, 7) is 1.07. The van der Waals surface area contributed by atoms with Crippen LogP contribution < -0.4 is 10.6 Å². The summed E-state index contributed by atoms with van der Waals surface area (Å²) in [7, 11) is -1.25. The molecule has 1 aliphatic rings. The van der Waals surface area contributed by atoms with E-state index in [1.165, 1.54) is 0 Å². The predicted octanol–water partition coefficient (Wildman–Crippen LogP) is 1.71. The summed E-state index contributed by atoms with van der Waals surface area (Å²) < 4.78 is 23.4. The third kappa shape index (κ3) is 6.38. The summed E-state index contributed by atoms with van der Waals surface area (Å²) in [6.07, 6.45) is 1.20. The Hall–Kier alpha value is -2.71. The average Bonchev–Trinajstić information content (AvgIpc) is 2.78. The average molecular weight is 444 g/mol. The molecule has 0 spiro atoms.